The Morgan fingerprint density at radius 1 is 0.905 bits per heavy atom. The third-order valence-electron chi connectivity index (χ3n) is 3.65. The van der Waals surface area contributed by atoms with E-state index < -0.39 is 0 Å². The Hall–Kier alpha value is -2.29. The van der Waals surface area contributed by atoms with Gasteiger partial charge in [-0.2, -0.15) is 0 Å². The molecule has 0 heterocycles. The Morgan fingerprint density at radius 3 is 2.48 bits per heavy atom. The Kier molecular flexibility index (Phi) is 4.20. The molecule has 0 atom stereocenters. The summed E-state index contributed by atoms with van der Waals surface area (Å²) in [6.07, 6.45) is 4.65. The average Bonchev–Trinajstić information content (AvgIpc) is 2.54. The lowest BCUT2D eigenvalue weighted by Gasteiger charge is -2.16. The fourth-order valence-corrected chi connectivity index (χ4v) is 2.59. The molecule has 0 bridgehead atoms. The van der Waals surface area contributed by atoms with Crippen molar-refractivity contribution in [3.05, 3.63) is 59.7 Å². The normalized spacial score (nSPS) is 13.3. The number of carbonyl (C=O) groups is 1. The topological polar surface area (TPSA) is 35.5 Å². The Morgan fingerprint density at radius 2 is 1.67 bits per heavy atom. The summed E-state index contributed by atoms with van der Waals surface area (Å²) >= 11 is 0. The van der Waals surface area contributed by atoms with Gasteiger partial charge >= 0.3 is 5.97 Å². The highest BCUT2D eigenvalue weighted by molar-refractivity contribution is 5.74. The van der Waals surface area contributed by atoms with Crippen LogP contribution in [0.15, 0.2) is 48.5 Å². The maximum Gasteiger partial charge on any atom is 0.349 e. The second-order valence-corrected chi connectivity index (χ2v) is 5.21. The Bertz CT molecular complexity index is 620. The standard InChI is InChI=1S/C18H18O3/c19-18(13-20-16-8-2-1-3-9-16)21-17-11-10-14-6-4-5-7-15(14)12-17/h1-3,8-12H,4-7,13H2. The molecule has 0 unspecified atom stereocenters. The van der Waals surface area contributed by atoms with E-state index >= 15 is 0 Å². The van der Waals surface area contributed by atoms with Crippen molar-refractivity contribution in [3.63, 3.8) is 0 Å². The highest BCUT2D eigenvalue weighted by Gasteiger charge is 2.12. The number of hydrogen-bond acceptors (Lipinski definition) is 3. The number of aryl methyl sites for hydroxylation is 2. The van der Waals surface area contributed by atoms with Crippen LogP contribution in [0.1, 0.15) is 24.0 Å². The zero-order valence-electron chi connectivity index (χ0n) is 11.9. The van der Waals surface area contributed by atoms with Crippen molar-refractivity contribution in [3.8, 4) is 11.5 Å². The third kappa shape index (κ3) is 3.63. The van der Waals surface area contributed by atoms with Crippen LogP contribution in [-0.4, -0.2) is 12.6 Å². The third-order valence-corrected chi connectivity index (χ3v) is 3.65. The first-order valence-corrected chi connectivity index (χ1v) is 7.31. The molecule has 0 spiro atoms. The Balaban J connectivity index is 1.57. The SMILES string of the molecule is O=C(COc1ccccc1)Oc1ccc2c(c1)CCCC2. The van der Waals surface area contributed by atoms with Crippen LogP contribution < -0.4 is 9.47 Å². The highest BCUT2D eigenvalue weighted by Crippen LogP contribution is 2.25. The first-order chi connectivity index (χ1) is 10.3. The van der Waals surface area contributed by atoms with Gasteiger partial charge in [0.2, 0.25) is 0 Å². The van der Waals surface area contributed by atoms with E-state index in [0.29, 0.717) is 11.5 Å². The molecule has 3 nitrogen and oxygen atoms in total. The molecule has 1 aliphatic carbocycles. The van der Waals surface area contributed by atoms with Crippen molar-refractivity contribution in [1.29, 1.82) is 0 Å². The summed E-state index contributed by atoms with van der Waals surface area (Å²) in [4.78, 5) is 11.8. The number of hydrogen-bond donors (Lipinski definition) is 0. The first-order valence-electron chi connectivity index (χ1n) is 7.31. The smallest absolute Gasteiger partial charge is 0.349 e. The summed E-state index contributed by atoms with van der Waals surface area (Å²) < 4.78 is 10.7. The van der Waals surface area contributed by atoms with Crippen LogP contribution >= 0.6 is 0 Å². The van der Waals surface area contributed by atoms with Gasteiger partial charge in [-0.05, 0) is 61.1 Å². The van der Waals surface area contributed by atoms with Crippen molar-refractivity contribution in [1.82, 2.24) is 0 Å². The van der Waals surface area contributed by atoms with E-state index in [2.05, 4.69) is 6.07 Å². The fraction of sp³-hybridized carbons (Fsp3) is 0.278. The fourth-order valence-electron chi connectivity index (χ4n) is 2.59. The molecule has 0 radical (unpaired) electrons. The highest BCUT2D eigenvalue weighted by atomic mass is 16.6. The monoisotopic (exact) mass is 282 g/mol. The van der Waals surface area contributed by atoms with Gasteiger partial charge in [0.1, 0.15) is 11.5 Å². The summed E-state index contributed by atoms with van der Waals surface area (Å²) in [7, 11) is 0. The lowest BCUT2D eigenvalue weighted by atomic mass is 9.92. The molecular weight excluding hydrogens is 264 g/mol. The van der Waals surface area contributed by atoms with Crippen LogP contribution in [-0.2, 0) is 17.6 Å². The van der Waals surface area contributed by atoms with Crippen LogP contribution in [0.4, 0.5) is 0 Å². The lowest BCUT2D eigenvalue weighted by Crippen LogP contribution is -2.18. The van der Waals surface area contributed by atoms with Gasteiger partial charge in [-0.25, -0.2) is 4.79 Å². The summed E-state index contributed by atoms with van der Waals surface area (Å²) in [5.74, 6) is 0.895. The van der Waals surface area contributed by atoms with Crippen LogP contribution in [0, 0.1) is 0 Å². The van der Waals surface area contributed by atoms with Crippen LogP contribution in [0.5, 0.6) is 11.5 Å². The van der Waals surface area contributed by atoms with E-state index in [-0.39, 0.29) is 12.6 Å². The largest absolute Gasteiger partial charge is 0.482 e. The van der Waals surface area contributed by atoms with Crippen LogP contribution in [0.3, 0.4) is 0 Å². The summed E-state index contributed by atoms with van der Waals surface area (Å²) in [6.45, 7) is -0.0822. The van der Waals surface area contributed by atoms with Crippen molar-refractivity contribution < 1.29 is 14.3 Å². The summed E-state index contributed by atoms with van der Waals surface area (Å²) in [6, 6.07) is 15.2. The molecule has 0 saturated carbocycles. The van der Waals surface area contributed by atoms with Crippen molar-refractivity contribution in [2.75, 3.05) is 6.61 Å². The van der Waals surface area contributed by atoms with Gasteiger partial charge in [-0.1, -0.05) is 24.3 Å². The molecular formula is C18H18O3. The molecule has 0 aromatic heterocycles. The maximum atomic E-state index is 11.8. The number of ether oxygens (including phenoxy) is 2. The second kappa shape index (κ2) is 6.44. The van der Waals surface area contributed by atoms with Crippen molar-refractivity contribution in [2.45, 2.75) is 25.7 Å². The summed E-state index contributed by atoms with van der Waals surface area (Å²) in [5, 5.41) is 0. The number of fused-ring (bicyclic) bond motifs is 1. The quantitative estimate of drug-likeness (QED) is 0.635. The first kappa shape index (κ1) is 13.7. The minimum Gasteiger partial charge on any atom is -0.482 e. The maximum absolute atomic E-state index is 11.8. The molecule has 0 amide bonds. The Labute approximate surface area is 124 Å². The van der Waals surface area contributed by atoms with E-state index in [1.807, 2.05) is 42.5 Å². The van der Waals surface area contributed by atoms with E-state index in [1.54, 1.807) is 0 Å². The molecule has 3 heteroatoms. The lowest BCUT2D eigenvalue weighted by molar-refractivity contribution is -0.136. The molecule has 2 aromatic carbocycles. The van der Waals surface area contributed by atoms with Gasteiger partial charge in [-0.3, -0.25) is 0 Å². The molecule has 1 aliphatic rings. The minimum absolute atomic E-state index is 0.0822. The van der Waals surface area contributed by atoms with Gasteiger partial charge in [0.05, 0.1) is 0 Å². The predicted octanol–water partition coefficient (Wildman–Crippen LogP) is 3.55. The number of carbonyl (C=O) groups excluding carboxylic acids is 1. The zero-order valence-corrected chi connectivity index (χ0v) is 11.9. The van der Waals surface area contributed by atoms with E-state index in [0.717, 1.165) is 12.8 Å². The average molecular weight is 282 g/mol. The van der Waals surface area contributed by atoms with E-state index in [1.165, 1.54) is 24.0 Å². The van der Waals surface area contributed by atoms with Crippen molar-refractivity contribution >= 4 is 5.97 Å². The molecule has 0 N–H and O–H groups in total. The molecule has 2 aromatic rings. The zero-order chi connectivity index (χ0) is 14.5. The van der Waals surface area contributed by atoms with Crippen LogP contribution in [0.2, 0.25) is 0 Å². The molecule has 0 aliphatic heterocycles. The molecule has 21 heavy (non-hydrogen) atoms. The number of esters is 1. The molecule has 108 valence electrons. The van der Waals surface area contributed by atoms with Gasteiger partial charge in [-0.15, -0.1) is 0 Å². The van der Waals surface area contributed by atoms with Gasteiger partial charge in [0.15, 0.2) is 6.61 Å². The number of benzene rings is 2. The number of para-hydroxylation sites is 1. The van der Waals surface area contributed by atoms with E-state index in [4.69, 9.17) is 9.47 Å². The molecule has 0 fully saturated rings. The minimum atomic E-state index is -0.380. The van der Waals surface area contributed by atoms with Crippen molar-refractivity contribution in [2.24, 2.45) is 0 Å². The van der Waals surface area contributed by atoms with Gasteiger partial charge < -0.3 is 9.47 Å². The van der Waals surface area contributed by atoms with Crippen LogP contribution in [0.25, 0.3) is 0 Å². The van der Waals surface area contributed by atoms with Gasteiger partial charge in [0.25, 0.3) is 0 Å². The predicted molar refractivity (Wildman–Crippen MR) is 80.7 cm³/mol. The second-order valence-electron chi connectivity index (χ2n) is 5.21. The molecule has 3 rings (SSSR count). The number of rotatable bonds is 4. The van der Waals surface area contributed by atoms with Gasteiger partial charge in [0, 0.05) is 0 Å². The summed E-state index contributed by atoms with van der Waals surface area (Å²) in [5.41, 5.74) is 2.68. The van der Waals surface area contributed by atoms with E-state index in [9.17, 15) is 4.79 Å². The molecule has 0 saturated heterocycles.